The van der Waals surface area contributed by atoms with Crippen molar-refractivity contribution in [2.24, 2.45) is 23.7 Å². The molecule has 2 saturated carbocycles. The third-order valence-electron chi connectivity index (χ3n) is 4.69. The number of carboxylic acid groups (broad SMARTS) is 1. The normalized spacial score (nSPS) is 41.2. The fourth-order valence-electron chi connectivity index (χ4n) is 3.48. The van der Waals surface area contributed by atoms with Crippen LogP contribution in [0.4, 0.5) is 0 Å². The third kappa shape index (κ3) is 2.16. The summed E-state index contributed by atoms with van der Waals surface area (Å²) in [6.45, 7) is 0. The van der Waals surface area contributed by atoms with Crippen molar-refractivity contribution in [3.8, 4) is 0 Å². The van der Waals surface area contributed by atoms with Crippen LogP contribution in [0.25, 0.3) is 0 Å². The number of nitrogens with one attached hydrogen (secondary N) is 1. The van der Waals surface area contributed by atoms with Gasteiger partial charge in [-0.3, -0.25) is 9.59 Å². The quantitative estimate of drug-likeness (QED) is 0.746. The highest BCUT2D eigenvalue weighted by Gasteiger charge is 2.48. The van der Waals surface area contributed by atoms with Crippen LogP contribution in [0.5, 0.6) is 0 Å². The number of amides is 1. The van der Waals surface area contributed by atoms with Gasteiger partial charge in [0.05, 0.1) is 5.92 Å². The Morgan fingerprint density at radius 3 is 2.39 bits per heavy atom. The van der Waals surface area contributed by atoms with Gasteiger partial charge in [-0.05, 0) is 43.9 Å². The highest BCUT2D eigenvalue weighted by molar-refractivity contribution is 5.81. The van der Waals surface area contributed by atoms with Gasteiger partial charge in [0, 0.05) is 12.0 Å². The summed E-state index contributed by atoms with van der Waals surface area (Å²) in [4.78, 5) is 23.3. The van der Waals surface area contributed by atoms with Crippen molar-refractivity contribution in [2.75, 3.05) is 0 Å². The number of carbonyl (C=O) groups excluding carboxylic acids is 1. The summed E-state index contributed by atoms with van der Waals surface area (Å²) in [5.41, 5.74) is 0. The zero-order valence-electron chi connectivity index (χ0n) is 10.3. The molecule has 3 aliphatic rings. The van der Waals surface area contributed by atoms with Crippen molar-refractivity contribution in [1.82, 2.24) is 5.32 Å². The largest absolute Gasteiger partial charge is 0.481 e. The summed E-state index contributed by atoms with van der Waals surface area (Å²) in [6.07, 6.45) is 8.35. The molecule has 0 saturated heterocycles. The van der Waals surface area contributed by atoms with Crippen LogP contribution in [0.15, 0.2) is 12.2 Å². The number of carbonyl (C=O) groups is 2. The molecule has 0 aromatic rings. The van der Waals surface area contributed by atoms with Gasteiger partial charge in [-0.1, -0.05) is 12.2 Å². The van der Waals surface area contributed by atoms with Crippen LogP contribution >= 0.6 is 0 Å². The Morgan fingerprint density at radius 2 is 1.72 bits per heavy atom. The van der Waals surface area contributed by atoms with Gasteiger partial charge in [0.25, 0.3) is 0 Å². The first-order chi connectivity index (χ1) is 8.65. The van der Waals surface area contributed by atoms with E-state index >= 15 is 0 Å². The molecule has 18 heavy (non-hydrogen) atoms. The fraction of sp³-hybridized carbons (Fsp3) is 0.714. The van der Waals surface area contributed by atoms with Crippen LogP contribution in [0.1, 0.15) is 32.1 Å². The zero-order chi connectivity index (χ0) is 12.7. The second-order valence-electron chi connectivity index (χ2n) is 5.93. The second-order valence-corrected chi connectivity index (χ2v) is 5.93. The molecule has 0 aliphatic heterocycles. The van der Waals surface area contributed by atoms with Crippen LogP contribution in [-0.2, 0) is 9.59 Å². The molecule has 4 nitrogen and oxygen atoms in total. The lowest BCUT2D eigenvalue weighted by Crippen LogP contribution is -2.46. The SMILES string of the molecule is O=C(N[C@H]1CC=CC[C@H]1C(=O)O)C1C[C@@H]2C[C@@H]2C1. The zero-order valence-corrected chi connectivity index (χ0v) is 10.3. The van der Waals surface area contributed by atoms with E-state index in [1.54, 1.807) is 0 Å². The molecule has 0 bridgehead atoms. The maximum absolute atomic E-state index is 12.1. The van der Waals surface area contributed by atoms with Crippen LogP contribution in [0, 0.1) is 23.7 Å². The minimum Gasteiger partial charge on any atom is -0.481 e. The molecule has 3 rings (SSSR count). The Balaban J connectivity index is 1.58. The number of rotatable bonds is 3. The Hall–Kier alpha value is -1.32. The predicted octanol–water partition coefficient (Wildman–Crippen LogP) is 1.57. The molecule has 4 heteroatoms. The smallest absolute Gasteiger partial charge is 0.308 e. The first-order valence-corrected chi connectivity index (χ1v) is 6.83. The lowest BCUT2D eigenvalue weighted by atomic mass is 9.88. The van der Waals surface area contributed by atoms with Gasteiger partial charge in [0.1, 0.15) is 0 Å². The molecule has 0 radical (unpaired) electrons. The minimum atomic E-state index is -0.807. The van der Waals surface area contributed by atoms with Crippen molar-refractivity contribution >= 4 is 11.9 Å². The lowest BCUT2D eigenvalue weighted by molar-refractivity contribution is -0.143. The maximum Gasteiger partial charge on any atom is 0.308 e. The molecular formula is C14H19NO3. The standard InChI is InChI=1S/C14H19NO3/c16-13(10-6-8-5-9(8)7-10)15-12-4-2-1-3-11(12)14(17)18/h1-2,8-12H,3-7H2,(H,15,16)(H,17,18)/t8-,9+,10?,11-,12+/m1/s1. The van der Waals surface area contributed by atoms with E-state index in [0.29, 0.717) is 12.8 Å². The highest BCUT2D eigenvalue weighted by Crippen LogP contribution is 2.54. The summed E-state index contributed by atoms with van der Waals surface area (Å²) in [7, 11) is 0. The van der Waals surface area contributed by atoms with E-state index in [2.05, 4.69) is 5.32 Å². The Morgan fingerprint density at radius 1 is 1.06 bits per heavy atom. The number of hydrogen-bond acceptors (Lipinski definition) is 2. The summed E-state index contributed by atoms with van der Waals surface area (Å²) in [6, 6.07) is -0.225. The fourth-order valence-corrected chi connectivity index (χ4v) is 3.48. The third-order valence-corrected chi connectivity index (χ3v) is 4.69. The molecule has 1 amide bonds. The topological polar surface area (TPSA) is 66.4 Å². The summed E-state index contributed by atoms with van der Waals surface area (Å²) < 4.78 is 0. The van der Waals surface area contributed by atoms with E-state index in [1.165, 1.54) is 6.42 Å². The van der Waals surface area contributed by atoms with Gasteiger partial charge in [0.2, 0.25) is 5.91 Å². The Labute approximate surface area is 106 Å². The Kier molecular flexibility index (Phi) is 2.88. The van der Waals surface area contributed by atoms with Crippen LogP contribution in [0.2, 0.25) is 0 Å². The van der Waals surface area contributed by atoms with Gasteiger partial charge in [-0.15, -0.1) is 0 Å². The van der Waals surface area contributed by atoms with Crippen molar-refractivity contribution in [2.45, 2.75) is 38.1 Å². The molecule has 98 valence electrons. The molecule has 0 aromatic heterocycles. The minimum absolute atomic E-state index is 0.0775. The summed E-state index contributed by atoms with van der Waals surface area (Å²) >= 11 is 0. The van der Waals surface area contributed by atoms with Crippen molar-refractivity contribution in [3.63, 3.8) is 0 Å². The van der Waals surface area contributed by atoms with Gasteiger partial charge in [-0.25, -0.2) is 0 Å². The molecule has 0 aromatic carbocycles. The Bertz CT molecular complexity index is 394. The van der Waals surface area contributed by atoms with E-state index < -0.39 is 11.9 Å². The molecular weight excluding hydrogens is 230 g/mol. The molecule has 2 fully saturated rings. The second kappa shape index (κ2) is 4.41. The van der Waals surface area contributed by atoms with Gasteiger partial charge in [-0.2, -0.15) is 0 Å². The monoisotopic (exact) mass is 249 g/mol. The van der Waals surface area contributed by atoms with Gasteiger partial charge >= 0.3 is 5.97 Å². The number of fused-ring (bicyclic) bond motifs is 1. The molecule has 0 spiro atoms. The van der Waals surface area contributed by atoms with E-state index in [0.717, 1.165) is 24.7 Å². The number of aliphatic carboxylic acids is 1. The number of allylic oxidation sites excluding steroid dienone is 1. The predicted molar refractivity (Wildman–Crippen MR) is 65.8 cm³/mol. The van der Waals surface area contributed by atoms with Crippen LogP contribution in [0.3, 0.4) is 0 Å². The van der Waals surface area contributed by atoms with E-state index in [4.69, 9.17) is 5.11 Å². The average molecular weight is 249 g/mol. The first kappa shape index (κ1) is 11.8. The average Bonchev–Trinajstić information content (AvgIpc) is 2.96. The van der Waals surface area contributed by atoms with Gasteiger partial charge < -0.3 is 10.4 Å². The summed E-state index contributed by atoms with van der Waals surface area (Å²) in [5, 5.41) is 12.1. The lowest BCUT2D eigenvalue weighted by Gasteiger charge is -2.27. The van der Waals surface area contributed by atoms with Crippen molar-refractivity contribution in [3.05, 3.63) is 12.2 Å². The van der Waals surface area contributed by atoms with Crippen molar-refractivity contribution in [1.29, 1.82) is 0 Å². The maximum atomic E-state index is 12.1. The van der Waals surface area contributed by atoms with E-state index in [-0.39, 0.29) is 17.9 Å². The molecule has 1 unspecified atom stereocenters. The summed E-state index contributed by atoms with van der Waals surface area (Å²) in [5.74, 6) is 0.501. The van der Waals surface area contributed by atoms with Crippen LogP contribution in [-0.4, -0.2) is 23.0 Å². The number of carboxylic acids is 1. The molecule has 3 aliphatic carbocycles. The van der Waals surface area contributed by atoms with Crippen molar-refractivity contribution < 1.29 is 14.7 Å². The first-order valence-electron chi connectivity index (χ1n) is 6.83. The van der Waals surface area contributed by atoms with Gasteiger partial charge in [0.15, 0.2) is 0 Å². The molecule has 0 heterocycles. The van der Waals surface area contributed by atoms with E-state index in [9.17, 15) is 9.59 Å². The molecule has 2 N–H and O–H groups in total. The van der Waals surface area contributed by atoms with E-state index in [1.807, 2.05) is 12.2 Å². The highest BCUT2D eigenvalue weighted by atomic mass is 16.4. The van der Waals surface area contributed by atoms with Crippen LogP contribution < -0.4 is 5.32 Å². The molecule has 5 atom stereocenters. The number of hydrogen-bond donors (Lipinski definition) is 2.